The number of nitrogens with two attached hydrogens (primary N) is 1. The molecule has 1 heterocycles. The zero-order valence-electron chi connectivity index (χ0n) is 16.4. The number of carbonyl (C=O) groups is 1. The zero-order chi connectivity index (χ0) is 20.3. The van der Waals surface area contributed by atoms with Gasteiger partial charge in [-0.05, 0) is 50.5 Å². The van der Waals surface area contributed by atoms with Gasteiger partial charge in [-0.15, -0.1) is 0 Å². The molecular weight excluding hydrogens is 354 g/mol. The quantitative estimate of drug-likeness (QED) is 0.652. The van der Waals surface area contributed by atoms with Crippen LogP contribution in [0.1, 0.15) is 38.4 Å². The van der Waals surface area contributed by atoms with E-state index in [0.717, 1.165) is 27.9 Å². The van der Waals surface area contributed by atoms with E-state index in [0.29, 0.717) is 11.5 Å². The number of nitrogens with zero attached hydrogens (tertiary/aromatic N) is 3. The minimum Gasteiger partial charge on any atom is -0.454 e. The number of rotatable bonds is 5. The fourth-order valence-electron chi connectivity index (χ4n) is 3.10. The molecule has 0 aliphatic heterocycles. The zero-order valence-corrected chi connectivity index (χ0v) is 16.4. The van der Waals surface area contributed by atoms with Crippen LogP contribution in [-0.2, 0) is 11.3 Å². The highest BCUT2D eigenvalue weighted by Gasteiger charge is 2.16. The van der Waals surface area contributed by atoms with Crippen LogP contribution in [0, 0.1) is 27.7 Å². The van der Waals surface area contributed by atoms with Gasteiger partial charge in [0.1, 0.15) is 0 Å². The largest absolute Gasteiger partial charge is 0.454 e. The van der Waals surface area contributed by atoms with Gasteiger partial charge in [0, 0.05) is 5.69 Å². The number of carbonyl (C=O) groups excluding carboxylic acids is 1. The van der Waals surface area contributed by atoms with Crippen LogP contribution in [0.2, 0.25) is 0 Å². The van der Waals surface area contributed by atoms with Crippen LogP contribution in [-0.4, -0.2) is 20.9 Å². The summed E-state index contributed by atoms with van der Waals surface area (Å²) in [5, 5.41) is 3.11. The number of hydrogen-bond acceptors (Lipinski definition) is 7. The van der Waals surface area contributed by atoms with Gasteiger partial charge in [-0.3, -0.25) is 0 Å². The van der Waals surface area contributed by atoms with Crippen molar-refractivity contribution in [2.45, 2.75) is 34.3 Å². The maximum absolute atomic E-state index is 12.5. The van der Waals surface area contributed by atoms with Gasteiger partial charge in [-0.25, -0.2) is 4.79 Å². The summed E-state index contributed by atoms with van der Waals surface area (Å²) in [6.45, 7) is 7.65. The second-order valence-electron chi connectivity index (χ2n) is 6.72. The van der Waals surface area contributed by atoms with E-state index in [2.05, 4.69) is 20.3 Å². The highest BCUT2D eigenvalue weighted by atomic mass is 16.5. The summed E-state index contributed by atoms with van der Waals surface area (Å²) in [6, 6.07) is 11.7. The number of ether oxygens (including phenoxy) is 1. The topological polar surface area (TPSA) is 103 Å². The molecule has 0 amide bonds. The van der Waals surface area contributed by atoms with Crippen LogP contribution in [0.25, 0.3) is 0 Å². The minimum atomic E-state index is -0.414. The number of benzene rings is 2. The summed E-state index contributed by atoms with van der Waals surface area (Å²) in [7, 11) is 0. The number of anilines is 3. The molecule has 3 rings (SSSR count). The van der Waals surface area contributed by atoms with Crippen LogP contribution < -0.4 is 11.1 Å². The molecule has 28 heavy (non-hydrogen) atoms. The molecule has 0 fully saturated rings. The molecule has 0 aliphatic carbocycles. The van der Waals surface area contributed by atoms with E-state index >= 15 is 0 Å². The number of esters is 1. The first-order chi connectivity index (χ1) is 13.3. The predicted molar refractivity (Wildman–Crippen MR) is 108 cm³/mol. The smallest absolute Gasteiger partial charge is 0.339 e. The molecular formula is C21H23N5O2. The lowest BCUT2D eigenvalue weighted by molar-refractivity contribution is 0.0460. The van der Waals surface area contributed by atoms with Gasteiger partial charge in [0.25, 0.3) is 0 Å². The molecule has 0 atom stereocenters. The number of nitrogen functional groups attached to an aromatic ring is 1. The molecule has 144 valence electrons. The lowest BCUT2D eigenvalue weighted by Crippen LogP contribution is -2.13. The molecule has 7 nitrogen and oxygen atoms in total. The summed E-state index contributed by atoms with van der Waals surface area (Å²) in [5.41, 5.74) is 11.1. The Morgan fingerprint density at radius 2 is 1.68 bits per heavy atom. The molecule has 0 radical (unpaired) electrons. The number of aromatic nitrogens is 3. The van der Waals surface area contributed by atoms with Crippen molar-refractivity contribution in [1.29, 1.82) is 0 Å². The first-order valence-electron chi connectivity index (χ1n) is 8.91. The maximum Gasteiger partial charge on any atom is 0.339 e. The maximum atomic E-state index is 12.5. The molecule has 0 bridgehead atoms. The Hall–Kier alpha value is -3.48. The third-order valence-electron chi connectivity index (χ3n) is 4.30. The second kappa shape index (κ2) is 8.04. The van der Waals surface area contributed by atoms with E-state index in [-0.39, 0.29) is 18.4 Å². The van der Waals surface area contributed by atoms with Gasteiger partial charge in [0.05, 0.1) is 5.56 Å². The molecule has 0 unspecified atom stereocenters. The summed E-state index contributed by atoms with van der Waals surface area (Å²) in [5.74, 6) is 0.220. The van der Waals surface area contributed by atoms with Gasteiger partial charge < -0.3 is 15.8 Å². The van der Waals surface area contributed by atoms with Crippen LogP contribution in [0.4, 0.5) is 17.6 Å². The second-order valence-corrected chi connectivity index (χ2v) is 6.72. The van der Waals surface area contributed by atoms with Crippen LogP contribution in [0.15, 0.2) is 36.4 Å². The van der Waals surface area contributed by atoms with Crippen molar-refractivity contribution in [2.75, 3.05) is 11.1 Å². The molecule has 0 aliphatic rings. The normalized spacial score (nSPS) is 10.6. The molecule has 7 heteroatoms. The van der Waals surface area contributed by atoms with Crippen LogP contribution in [0.5, 0.6) is 0 Å². The SMILES string of the molecule is Cc1cc(C)c(C(=O)OCc2nc(N)nc(Nc3ccccc3C)n2)c(C)c1. The van der Waals surface area contributed by atoms with Crippen molar-refractivity contribution >= 4 is 23.6 Å². The van der Waals surface area contributed by atoms with Gasteiger partial charge in [-0.1, -0.05) is 35.9 Å². The molecule has 0 saturated heterocycles. The lowest BCUT2D eigenvalue weighted by Gasteiger charge is -2.12. The van der Waals surface area contributed by atoms with Crippen molar-refractivity contribution in [2.24, 2.45) is 0 Å². The first-order valence-corrected chi connectivity index (χ1v) is 8.91. The van der Waals surface area contributed by atoms with E-state index in [4.69, 9.17) is 10.5 Å². The summed E-state index contributed by atoms with van der Waals surface area (Å²) >= 11 is 0. The van der Waals surface area contributed by atoms with Gasteiger partial charge in [0.2, 0.25) is 11.9 Å². The third kappa shape index (κ3) is 4.43. The molecule has 2 aromatic carbocycles. The van der Waals surface area contributed by atoms with E-state index in [9.17, 15) is 4.79 Å². The highest BCUT2D eigenvalue weighted by molar-refractivity contribution is 5.92. The van der Waals surface area contributed by atoms with Crippen LogP contribution >= 0.6 is 0 Å². The van der Waals surface area contributed by atoms with Crippen molar-refractivity contribution in [3.05, 3.63) is 70.0 Å². The van der Waals surface area contributed by atoms with E-state index in [1.807, 2.05) is 64.1 Å². The average molecular weight is 377 g/mol. The average Bonchev–Trinajstić information content (AvgIpc) is 2.61. The van der Waals surface area contributed by atoms with Crippen molar-refractivity contribution in [1.82, 2.24) is 15.0 Å². The number of hydrogen-bond donors (Lipinski definition) is 2. The van der Waals surface area contributed by atoms with Crippen LogP contribution in [0.3, 0.4) is 0 Å². The van der Waals surface area contributed by atoms with Gasteiger partial charge in [-0.2, -0.15) is 15.0 Å². The minimum absolute atomic E-state index is 0.0554. The number of aryl methyl sites for hydroxylation is 4. The van der Waals surface area contributed by atoms with Crippen molar-refractivity contribution < 1.29 is 9.53 Å². The molecule has 1 aromatic heterocycles. The Morgan fingerprint density at radius 1 is 1.00 bits per heavy atom. The molecule has 0 saturated carbocycles. The van der Waals surface area contributed by atoms with Crippen molar-refractivity contribution in [3.63, 3.8) is 0 Å². The predicted octanol–water partition coefficient (Wildman–Crippen LogP) is 3.79. The van der Waals surface area contributed by atoms with Gasteiger partial charge >= 0.3 is 5.97 Å². The van der Waals surface area contributed by atoms with E-state index in [1.54, 1.807) is 0 Å². The summed E-state index contributed by atoms with van der Waals surface area (Å²) in [6.07, 6.45) is 0. The fourth-order valence-corrected chi connectivity index (χ4v) is 3.10. The Kier molecular flexibility index (Phi) is 5.54. The molecule has 0 spiro atoms. The van der Waals surface area contributed by atoms with Gasteiger partial charge in [0.15, 0.2) is 12.4 Å². The Balaban J connectivity index is 1.75. The van der Waals surface area contributed by atoms with E-state index in [1.165, 1.54) is 0 Å². The monoisotopic (exact) mass is 377 g/mol. The standard InChI is InChI=1S/C21H23N5O2/c1-12-9-14(3)18(15(4)10-12)19(27)28-11-17-24-20(22)26-21(25-17)23-16-8-6-5-7-13(16)2/h5-10H,11H2,1-4H3,(H3,22,23,24,25,26). The fraction of sp³-hybridized carbons (Fsp3) is 0.238. The Morgan fingerprint density at radius 3 is 2.36 bits per heavy atom. The van der Waals surface area contributed by atoms with E-state index < -0.39 is 5.97 Å². The summed E-state index contributed by atoms with van der Waals surface area (Å²) in [4.78, 5) is 25.0. The number of para-hydroxylation sites is 1. The Labute approximate surface area is 164 Å². The first kappa shape index (κ1) is 19.3. The highest BCUT2D eigenvalue weighted by Crippen LogP contribution is 2.19. The molecule has 3 aromatic rings. The number of nitrogens with one attached hydrogen (secondary N) is 1. The summed E-state index contributed by atoms with van der Waals surface area (Å²) < 4.78 is 5.42. The van der Waals surface area contributed by atoms with Crippen molar-refractivity contribution in [3.8, 4) is 0 Å². The third-order valence-corrected chi connectivity index (χ3v) is 4.30. The molecule has 3 N–H and O–H groups in total. The lowest BCUT2D eigenvalue weighted by atomic mass is 10.00. The Bertz CT molecular complexity index is 1010.